The molecule has 0 radical (unpaired) electrons. The average molecular weight is 382 g/mol. The highest BCUT2D eigenvalue weighted by Gasteiger charge is 2.54. The van der Waals surface area contributed by atoms with Gasteiger partial charge in [0.15, 0.2) is 0 Å². The Bertz CT molecular complexity index is 559. The van der Waals surface area contributed by atoms with Gasteiger partial charge in [-0.05, 0) is 32.0 Å². The van der Waals surface area contributed by atoms with E-state index in [9.17, 15) is 19.2 Å². The van der Waals surface area contributed by atoms with Gasteiger partial charge >= 0.3 is 0 Å². The first-order valence-electron chi connectivity index (χ1n) is 6.31. The molecule has 0 spiro atoms. The lowest BCUT2D eigenvalue weighted by Crippen LogP contribution is -2.69. The summed E-state index contributed by atoms with van der Waals surface area (Å²) in [7, 11) is 0. The van der Waals surface area contributed by atoms with Crippen molar-refractivity contribution >= 4 is 27.7 Å². The zero-order valence-corrected chi connectivity index (χ0v) is 14.0. The molecule has 0 bridgehead atoms. The molecule has 1 fully saturated rings. The number of halogens is 3. The SMILES string of the molecule is CC1(C)[C@H](N)SC(CF)(c2cc(Br)ccc2F)C[N+]1([O-])[O-]. The number of nitrogens with two attached hydrogens (primary N) is 1. The summed E-state index contributed by atoms with van der Waals surface area (Å²) in [5.41, 5.74) is 4.57. The Labute approximate surface area is 134 Å². The normalized spacial score (nSPS) is 31.1. The number of hydroxylamine groups is 4. The predicted molar refractivity (Wildman–Crippen MR) is 83.3 cm³/mol. The second-order valence-corrected chi connectivity index (χ2v) is 8.22. The lowest BCUT2D eigenvalue weighted by atomic mass is 9.94. The van der Waals surface area contributed by atoms with Crippen molar-refractivity contribution in [3.05, 3.63) is 44.5 Å². The minimum atomic E-state index is -1.96. The zero-order valence-electron chi connectivity index (χ0n) is 11.6. The van der Waals surface area contributed by atoms with Gasteiger partial charge in [-0.1, -0.05) is 15.9 Å². The molecule has 1 heterocycles. The predicted octanol–water partition coefficient (Wildman–Crippen LogP) is 3.38. The maximum Gasteiger partial charge on any atom is 0.128 e. The summed E-state index contributed by atoms with van der Waals surface area (Å²) in [6.07, 6.45) is 0. The molecule has 2 rings (SSSR count). The van der Waals surface area contributed by atoms with Crippen molar-refractivity contribution in [3.63, 3.8) is 0 Å². The van der Waals surface area contributed by atoms with Crippen LogP contribution < -0.4 is 5.73 Å². The van der Waals surface area contributed by atoms with Crippen molar-refractivity contribution in [3.8, 4) is 0 Å². The van der Waals surface area contributed by atoms with E-state index in [4.69, 9.17) is 5.73 Å². The number of hydrogen-bond donors (Lipinski definition) is 1. The number of benzene rings is 1. The number of nitrogens with zero attached hydrogens (tertiary/aromatic N) is 1. The van der Waals surface area contributed by atoms with Gasteiger partial charge in [0, 0.05) is 10.0 Å². The smallest absolute Gasteiger partial charge is 0.128 e. The molecular formula is C13H16BrF2N2O2S-. The number of hydrogen-bond acceptors (Lipinski definition) is 4. The fourth-order valence-corrected chi connectivity index (χ4v) is 4.19. The van der Waals surface area contributed by atoms with Crippen LogP contribution in [-0.2, 0) is 4.75 Å². The van der Waals surface area contributed by atoms with Crippen LogP contribution in [0.1, 0.15) is 19.4 Å². The van der Waals surface area contributed by atoms with Gasteiger partial charge in [-0.25, -0.2) is 8.78 Å². The Kier molecular flexibility index (Phi) is 4.43. The molecule has 1 saturated heterocycles. The maximum atomic E-state index is 14.1. The van der Waals surface area contributed by atoms with E-state index >= 15 is 0 Å². The van der Waals surface area contributed by atoms with Crippen LogP contribution in [0.5, 0.6) is 0 Å². The van der Waals surface area contributed by atoms with E-state index in [1.54, 1.807) is 0 Å². The molecule has 2 N–H and O–H groups in total. The quantitative estimate of drug-likeness (QED) is 0.629. The molecule has 118 valence electrons. The zero-order chi connectivity index (χ0) is 16.1. The fourth-order valence-electron chi connectivity index (χ4n) is 2.30. The molecule has 0 aromatic heterocycles. The van der Waals surface area contributed by atoms with E-state index in [1.165, 1.54) is 32.0 Å². The van der Waals surface area contributed by atoms with Gasteiger partial charge in [0.05, 0.1) is 0 Å². The van der Waals surface area contributed by atoms with Crippen molar-refractivity contribution in [1.82, 2.24) is 0 Å². The lowest BCUT2D eigenvalue weighted by molar-refractivity contribution is -0.886. The van der Waals surface area contributed by atoms with Gasteiger partial charge in [-0.2, -0.15) is 0 Å². The van der Waals surface area contributed by atoms with Gasteiger partial charge in [0.25, 0.3) is 0 Å². The molecule has 1 aromatic carbocycles. The van der Waals surface area contributed by atoms with Crippen LogP contribution in [0.4, 0.5) is 8.78 Å². The Hall–Kier alpha value is -0.250. The third-order valence-electron chi connectivity index (χ3n) is 4.03. The molecule has 1 aliphatic heterocycles. The molecule has 1 unspecified atom stereocenters. The molecule has 0 saturated carbocycles. The van der Waals surface area contributed by atoms with Crippen LogP contribution >= 0.6 is 27.7 Å². The average Bonchev–Trinajstić information content (AvgIpc) is 2.38. The van der Waals surface area contributed by atoms with E-state index < -0.39 is 39.5 Å². The first kappa shape index (κ1) is 17.1. The third-order valence-corrected chi connectivity index (χ3v) is 6.26. The lowest BCUT2D eigenvalue weighted by Gasteiger charge is -2.65. The van der Waals surface area contributed by atoms with Crippen molar-refractivity contribution in [2.24, 2.45) is 5.73 Å². The van der Waals surface area contributed by atoms with Gasteiger partial charge in [0.1, 0.15) is 34.7 Å². The summed E-state index contributed by atoms with van der Waals surface area (Å²) in [4.78, 5) is -1.96. The largest absolute Gasteiger partial charge is 0.631 e. The molecule has 1 aliphatic rings. The molecule has 21 heavy (non-hydrogen) atoms. The van der Waals surface area contributed by atoms with Crippen LogP contribution in [0, 0.1) is 16.2 Å². The van der Waals surface area contributed by atoms with Gasteiger partial charge < -0.3 is 21.0 Å². The Morgan fingerprint density at radius 3 is 2.62 bits per heavy atom. The number of alkyl halides is 1. The second kappa shape index (κ2) is 5.43. The monoisotopic (exact) mass is 381 g/mol. The maximum absolute atomic E-state index is 14.1. The summed E-state index contributed by atoms with van der Waals surface area (Å²) in [5.74, 6) is -0.657. The van der Waals surface area contributed by atoms with Crippen molar-refractivity contribution in [1.29, 1.82) is 0 Å². The van der Waals surface area contributed by atoms with Crippen LogP contribution in [0.3, 0.4) is 0 Å². The van der Waals surface area contributed by atoms with E-state index in [1.807, 2.05) is 0 Å². The van der Waals surface area contributed by atoms with Crippen molar-refractivity contribution in [2.75, 3.05) is 13.2 Å². The minimum Gasteiger partial charge on any atom is -0.631 e. The van der Waals surface area contributed by atoms with Crippen LogP contribution in [0.15, 0.2) is 22.7 Å². The van der Waals surface area contributed by atoms with Crippen LogP contribution in [0.25, 0.3) is 0 Å². The third kappa shape index (κ3) is 2.73. The highest BCUT2D eigenvalue weighted by atomic mass is 79.9. The van der Waals surface area contributed by atoms with Crippen molar-refractivity contribution in [2.45, 2.75) is 29.5 Å². The fraction of sp³-hybridized carbons (Fsp3) is 0.538. The molecule has 4 nitrogen and oxygen atoms in total. The van der Waals surface area contributed by atoms with Gasteiger partial charge in [-0.3, -0.25) is 0 Å². The standard InChI is InChI=1S/C13H16BrF2N2O2S/c1-12(2)11(17)21-13(6-15,7-18(12,19)20)9-5-8(14)3-4-10(9)16/h3-5,11H,6-7,17H2,1-2H3/q-1/t11-,13?/m1/s1. The first-order valence-corrected chi connectivity index (χ1v) is 7.98. The summed E-state index contributed by atoms with van der Waals surface area (Å²) in [6, 6.07) is 4.04. The second-order valence-electron chi connectivity index (χ2n) is 5.78. The van der Waals surface area contributed by atoms with Gasteiger partial charge in [-0.15, -0.1) is 11.8 Å². The van der Waals surface area contributed by atoms with E-state index in [2.05, 4.69) is 15.9 Å². The summed E-state index contributed by atoms with van der Waals surface area (Å²) in [6.45, 7) is 1.23. The topological polar surface area (TPSA) is 72.1 Å². The number of thioether (sulfide) groups is 1. The molecule has 8 heteroatoms. The number of quaternary nitrogens is 1. The highest BCUT2D eigenvalue weighted by molar-refractivity contribution is 9.10. The Morgan fingerprint density at radius 1 is 1.48 bits per heavy atom. The summed E-state index contributed by atoms with van der Waals surface area (Å²) >= 11 is 4.14. The van der Waals surface area contributed by atoms with Crippen LogP contribution in [-0.4, -0.2) is 28.9 Å². The van der Waals surface area contributed by atoms with Crippen molar-refractivity contribution < 1.29 is 13.6 Å². The van der Waals surface area contributed by atoms with E-state index in [-0.39, 0.29) is 5.56 Å². The minimum absolute atomic E-state index is 0.00970. The Balaban J connectivity index is 2.55. The molecule has 0 amide bonds. The Morgan fingerprint density at radius 2 is 2.10 bits per heavy atom. The number of rotatable bonds is 2. The van der Waals surface area contributed by atoms with Gasteiger partial charge in [0.2, 0.25) is 0 Å². The highest BCUT2D eigenvalue weighted by Crippen LogP contribution is 2.51. The summed E-state index contributed by atoms with van der Waals surface area (Å²) < 4.78 is 26.8. The molecule has 0 aliphatic carbocycles. The molecular weight excluding hydrogens is 366 g/mol. The first-order chi connectivity index (χ1) is 9.56. The summed E-state index contributed by atoms with van der Waals surface area (Å²) in [5, 5.41) is 23.7. The van der Waals surface area contributed by atoms with E-state index in [0.29, 0.717) is 4.47 Å². The molecule has 1 aromatic rings. The molecule has 2 atom stereocenters. The van der Waals surface area contributed by atoms with Crippen LogP contribution in [0.2, 0.25) is 0 Å². The van der Waals surface area contributed by atoms with E-state index in [0.717, 1.165) is 11.8 Å².